The molecule has 0 aromatic rings. The van der Waals surface area contributed by atoms with Crippen LogP contribution in [-0.4, -0.2) is 42.8 Å². The molecule has 2 atom stereocenters. The highest BCUT2D eigenvalue weighted by atomic mass is 31.2. The molecular weight excluding hydrogens is 663 g/mol. The first-order valence-corrected chi connectivity index (χ1v) is 21.2. The number of phosphoric ester groups is 1. The third kappa shape index (κ3) is 37.1. The van der Waals surface area contributed by atoms with Crippen molar-refractivity contribution >= 4 is 19.8 Å². The molecule has 0 aliphatic heterocycles. The second-order valence-corrected chi connectivity index (χ2v) is 14.0. The van der Waals surface area contributed by atoms with E-state index in [-0.39, 0.29) is 26.1 Å². The smallest absolute Gasteiger partial charge is 0.462 e. The van der Waals surface area contributed by atoms with Crippen LogP contribution in [-0.2, 0) is 32.7 Å². The van der Waals surface area contributed by atoms with Crippen molar-refractivity contribution in [3.63, 3.8) is 0 Å². The first-order valence-electron chi connectivity index (χ1n) is 19.7. The summed E-state index contributed by atoms with van der Waals surface area (Å²) in [5.41, 5.74) is 0. The predicted molar refractivity (Wildman–Crippen MR) is 211 cm³/mol. The van der Waals surface area contributed by atoms with E-state index in [1.54, 1.807) is 6.92 Å². The van der Waals surface area contributed by atoms with Gasteiger partial charge in [0.2, 0.25) is 0 Å². The lowest BCUT2D eigenvalue weighted by Crippen LogP contribution is -2.29. The van der Waals surface area contributed by atoms with Gasteiger partial charge in [-0.25, -0.2) is 4.57 Å². The number of carbonyl (C=O) groups is 2. The molecule has 51 heavy (non-hydrogen) atoms. The fourth-order valence-corrected chi connectivity index (χ4v) is 5.64. The molecule has 0 rings (SSSR count). The highest BCUT2D eigenvalue weighted by Gasteiger charge is 2.25. The Morgan fingerprint density at radius 1 is 0.549 bits per heavy atom. The molecule has 292 valence electrons. The number of esters is 2. The normalized spacial score (nSPS) is 14.2. The highest BCUT2D eigenvalue weighted by molar-refractivity contribution is 7.47. The molecule has 0 aliphatic carbocycles. The van der Waals surface area contributed by atoms with Crippen molar-refractivity contribution in [2.24, 2.45) is 0 Å². The Labute approximate surface area is 311 Å². The zero-order valence-corrected chi connectivity index (χ0v) is 33.1. The first-order chi connectivity index (χ1) is 24.8. The molecular formula is C42H71O8P. The minimum absolute atomic E-state index is 0.0113. The zero-order valence-electron chi connectivity index (χ0n) is 32.2. The number of unbranched alkanes of at least 4 members (excludes halogenated alkanes) is 11. The van der Waals surface area contributed by atoms with E-state index in [1.807, 2.05) is 0 Å². The number of phosphoric acid groups is 1. The zero-order chi connectivity index (χ0) is 37.5. The molecule has 0 bridgehead atoms. The minimum atomic E-state index is -4.29. The third-order valence-electron chi connectivity index (χ3n) is 7.75. The Hall–Kier alpha value is -2.51. The van der Waals surface area contributed by atoms with Gasteiger partial charge in [-0.1, -0.05) is 125 Å². The summed E-state index contributed by atoms with van der Waals surface area (Å²) in [7, 11) is -4.29. The second kappa shape index (κ2) is 37.3. The molecule has 9 heteroatoms. The van der Waals surface area contributed by atoms with Crippen LogP contribution in [0.4, 0.5) is 0 Å². The number of hydrogen-bond donors (Lipinski definition) is 1. The summed E-state index contributed by atoms with van der Waals surface area (Å²) in [6.07, 6.45) is 45.3. The lowest BCUT2D eigenvalue weighted by molar-refractivity contribution is -0.161. The molecule has 0 amide bonds. The summed E-state index contributed by atoms with van der Waals surface area (Å²) >= 11 is 0. The van der Waals surface area contributed by atoms with Crippen LogP contribution in [0.15, 0.2) is 72.9 Å². The van der Waals surface area contributed by atoms with Crippen LogP contribution in [0, 0.1) is 0 Å². The van der Waals surface area contributed by atoms with Crippen LogP contribution >= 0.6 is 7.82 Å². The van der Waals surface area contributed by atoms with Gasteiger partial charge in [0, 0.05) is 12.8 Å². The van der Waals surface area contributed by atoms with E-state index >= 15 is 0 Å². The third-order valence-corrected chi connectivity index (χ3v) is 8.81. The quantitative estimate of drug-likeness (QED) is 0.0297. The van der Waals surface area contributed by atoms with E-state index in [1.165, 1.54) is 25.7 Å². The number of hydrogen-bond acceptors (Lipinski definition) is 7. The van der Waals surface area contributed by atoms with Crippen LogP contribution in [0.25, 0.3) is 0 Å². The first kappa shape index (κ1) is 48.5. The van der Waals surface area contributed by atoms with E-state index < -0.39 is 32.5 Å². The van der Waals surface area contributed by atoms with Gasteiger partial charge in [0.25, 0.3) is 0 Å². The lowest BCUT2D eigenvalue weighted by atomic mass is 10.1. The van der Waals surface area contributed by atoms with Gasteiger partial charge < -0.3 is 14.4 Å². The lowest BCUT2D eigenvalue weighted by Gasteiger charge is -2.19. The number of rotatable bonds is 35. The summed E-state index contributed by atoms with van der Waals surface area (Å²) in [5, 5.41) is 0. The summed E-state index contributed by atoms with van der Waals surface area (Å²) in [4.78, 5) is 34.6. The molecule has 8 nitrogen and oxygen atoms in total. The number of ether oxygens (including phenoxy) is 2. The van der Waals surface area contributed by atoms with Crippen molar-refractivity contribution in [2.75, 3.05) is 19.8 Å². The van der Waals surface area contributed by atoms with Gasteiger partial charge in [-0.3, -0.25) is 18.6 Å². The van der Waals surface area contributed by atoms with Gasteiger partial charge in [0.15, 0.2) is 6.10 Å². The molecule has 0 spiro atoms. The maximum Gasteiger partial charge on any atom is 0.472 e. The van der Waals surface area contributed by atoms with Gasteiger partial charge in [-0.05, 0) is 90.4 Å². The van der Waals surface area contributed by atoms with Crippen molar-refractivity contribution in [1.82, 2.24) is 0 Å². The van der Waals surface area contributed by atoms with Crippen molar-refractivity contribution < 1.29 is 37.6 Å². The van der Waals surface area contributed by atoms with Crippen molar-refractivity contribution in [3.8, 4) is 0 Å². The fourth-order valence-electron chi connectivity index (χ4n) is 4.88. The average Bonchev–Trinajstić information content (AvgIpc) is 3.10. The Morgan fingerprint density at radius 3 is 1.55 bits per heavy atom. The minimum Gasteiger partial charge on any atom is -0.462 e. The molecule has 2 unspecified atom stereocenters. The van der Waals surface area contributed by atoms with Crippen molar-refractivity contribution in [2.45, 2.75) is 162 Å². The average molecular weight is 735 g/mol. The van der Waals surface area contributed by atoms with Crippen LogP contribution < -0.4 is 0 Å². The molecule has 0 radical (unpaired) electrons. The Bertz CT molecular complexity index is 1060. The van der Waals surface area contributed by atoms with E-state index in [2.05, 4.69) is 86.8 Å². The SMILES string of the molecule is CC/C=C\C/C=C\C/C=C\C/C=C\C/C=C\CCCCCC(=O)OC(COC(=O)CCCCCCC/C=C\CCCCC)COP(=O)(O)OCC. The van der Waals surface area contributed by atoms with Gasteiger partial charge in [0.1, 0.15) is 6.61 Å². The molecule has 1 N–H and O–H groups in total. The van der Waals surface area contributed by atoms with Gasteiger partial charge in [0.05, 0.1) is 13.2 Å². The monoisotopic (exact) mass is 734 g/mol. The highest BCUT2D eigenvalue weighted by Crippen LogP contribution is 2.43. The van der Waals surface area contributed by atoms with Gasteiger partial charge in [-0.15, -0.1) is 0 Å². The second-order valence-electron chi connectivity index (χ2n) is 12.6. The van der Waals surface area contributed by atoms with Crippen LogP contribution in [0.2, 0.25) is 0 Å². The van der Waals surface area contributed by atoms with Crippen molar-refractivity contribution in [3.05, 3.63) is 72.9 Å². The van der Waals surface area contributed by atoms with Crippen LogP contribution in [0.5, 0.6) is 0 Å². The standard InChI is InChI=1S/C42H71O8P/c1-4-7-9-11-13-15-17-19-20-21-22-23-24-25-27-29-31-33-35-37-42(44)50-40(39-49-51(45,46)48-6-3)38-47-41(43)36-34-32-30-28-26-18-16-14-12-10-8-5-2/h7,9,13-16,19-20,22-23,25,27,40H,4-6,8,10-12,17-18,21,24,26,28-39H2,1-3H3,(H,45,46)/b9-7-,15-13-,16-14-,20-19-,23-22-,27-25-. The van der Waals surface area contributed by atoms with Crippen LogP contribution in [0.3, 0.4) is 0 Å². The van der Waals surface area contributed by atoms with Gasteiger partial charge in [-0.2, -0.15) is 0 Å². The molecule has 0 heterocycles. The van der Waals surface area contributed by atoms with E-state index in [0.717, 1.165) is 89.9 Å². The largest absolute Gasteiger partial charge is 0.472 e. The summed E-state index contributed by atoms with van der Waals surface area (Å²) < 4.78 is 32.5. The van der Waals surface area contributed by atoms with Gasteiger partial charge >= 0.3 is 19.8 Å². The van der Waals surface area contributed by atoms with Crippen molar-refractivity contribution in [1.29, 1.82) is 0 Å². The number of allylic oxidation sites excluding steroid dienone is 12. The predicted octanol–water partition coefficient (Wildman–Crippen LogP) is 12.2. The Balaban J connectivity index is 4.23. The molecule has 0 fully saturated rings. The molecule has 0 aromatic heterocycles. The summed E-state index contributed by atoms with van der Waals surface area (Å²) in [6.45, 7) is 5.26. The molecule has 0 saturated heterocycles. The fraction of sp³-hybridized carbons (Fsp3) is 0.667. The van der Waals surface area contributed by atoms with E-state index in [0.29, 0.717) is 6.42 Å². The maximum atomic E-state index is 12.5. The number of carbonyl (C=O) groups excluding carboxylic acids is 2. The van der Waals surface area contributed by atoms with E-state index in [4.69, 9.17) is 18.5 Å². The maximum absolute atomic E-state index is 12.5. The van der Waals surface area contributed by atoms with E-state index in [9.17, 15) is 19.0 Å². The molecule has 0 saturated carbocycles. The van der Waals surface area contributed by atoms with Crippen LogP contribution in [0.1, 0.15) is 156 Å². The molecule has 0 aromatic carbocycles. The Kier molecular flexibility index (Phi) is 35.4. The summed E-state index contributed by atoms with van der Waals surface area (Å²) in [5.74, 6) is -0.854. The Morgan fingerprint density at radius 2 is 1.00 bits per heavy atom. The molecule has 0 aliphatic rings. The topological polar surface area (TPSA) is 108 Å². The summed E-state index contributed by atoms with van der Waals surface area (Å²) in [6, 6.07) is 0.